The molecular formula is C14H12FN5. The predicted molar refractivity (Wildman–Crippen MR) is 71.4 cm³/mol. The standard InChI is InChI=1S/C14H12FN5/c1-14(10-4-2-3-5-11(10)15)8-20-9(6-16)7-18-13(20)12(17)19-14/h2-5,7H,8H2,1H3,(H2,17,19). The summed E-state index contributed by atoms with van der Waals surface area (Å²) in [4.78, 5) is 8.48. The first-order valence-corrected chi connectivity index (χ1v) is 6.11. The lowest BCUT2D eigenvalue weighted by molar-refractivity contribution is 0.382. The second-order valence-corrected chi connectivity index (χ2v) is 4.92. The van der Waals surface area contributed by atoms with Crippen molar-refractivity contribution in [2.75, 3.05) is 0 Å². The number of amidine groups is 1. The van der Waals surface area contributed by atoms with Crippen molar-refractivity contribution < 1.29 is 4.39 Å². The SMILES string of the molecule is CC1(c2ccccc2F)Cn2c(C#N)cnc2C(N)=N1. The van der Waals surface area contributed by atoms with Gasteiger partial charge in [0.15, 0.2) is 11.7 Å². The second kappa shape index (κ2) is 4.17. The quantitative estimate of drug-likeness (QED) is 0.852. The van der Waals surface area contributed by atoms with E-state index in [1.165, 1.54) is 12.3 Å². The fourth-order valence-corrected chi connectivity index (χ4v) is 2.53. The molecular weight excluding hydrogens is 257 g/mol. The summed E-state index contributed by atoms with van der Waals surface area (Å²) in [7, 11) is 0. The number of hydrogen-bond acceptors (Lipinski definition) is 4. The first-order chi connectivity index (χ1) is 9.55. The van der Waals surface area contributed by atoms with Crippen LogP contribution in [0.1, 0.15) is 24.0 Å². The van der Waals surface area contributed by atoms with Crippen LogP contribution in [-0.2, 0) is 12.1 Å². The van der Waals surface area contributed by atoms with Gasteiger partial charge < -0.3 is 10.3 Å². The Bertz CT molecular complexity index is 755. The lowest BCUT2D eigenvalue weighted by atomic mass is 9.90. The van der Waals surface area contributed by atoms with Crippen LogP contribution in [0.25, 0.3) is 0 Å². The van der Waals surface area contributed by atoms with Gasteiger partial charge in [-0.25, -0.2) is 9.37 Å². The molecule has 1 aromatic carbocycles. The van der Waals surface area contributed by atoms with Gasteiger partial charge in [-0.1, -0.05) is 18.2 Å². The number of nitriles is 1. The summed E-state index contributed by atoms with van der Waals surface area (Å²) in [5.41, 5.74) is 5.90. The minimum Gasteiger partial charge on any atom is -0.381 e. The molecule has 0 radical (unpaired) electrons. The molecule has 100 valence electrons. The van der Waals surface area contributed by atoms with Gasteiger partial charge in [0.2, 0.25) is 0 Å². The zero-order chi connectivity index (χ0) is 14.3. The zero-order valence-corrected chi connectivity index (χ0v) is 10.8. The van der Waals surface area contributed by atoms with Gasteiger partial charge in [-0.05, 0) is 13.0 Å². The van der Waals surface area contributed by atoms with E-state index in [-0.39, 0.29) is 11.7 Å². The van der Waals surface area contributed by atoms with Gasteiger partial charge in [0.1, 0.15) is 23.1 Å². The highest BCUT2D eigenvalue weighted by molar-refractivity contribution is 5.95. The van der Waals surface area contributed by atoms with Crippen LogP contribution in [-0.4, -0.2) is 15.4 Å². The van der Waals surface area contributed by atoms with Gasteiger partial charge in [0.25, 0.3) is 0 Å². The number of nitrogens with zero attached hydrogens (tertiary/aromatic N) is 4. The Kier molecular flexibility index (Phi) is 2.57. The van der Waals surface area contributed by atoms with Crippen LogP contribution >= 0.6 is 0 Å². The van der Waals surface area contributed by atoms with Crippen LogP contribution in [0, 0.1) is 17.1 Å². The third-order valence-electron chi connectivity index (χ3n) is 3.49. The molecule has 0 spiro atoms. The second-order valence-electron chi connectivity index (χ2n) is 4.92. The van der Waals surface area contributed by atoms with Gasteiger partial charge in [0, 0.05) is 5.56 Å². The number of benzene rings is 1. The van der Waals surface area contributed by atoms with Crippen molar-refractivity contribution in [3.05, 3.63) is 53.4 Å². The Morgan fingerprint density at radius 2 is 2.20 bits per heavy atom. The fourth-order valence-electron chi connectivity index (χ4n) is 2.53. The molecule has 6 heteroatoms. The van der Waals surface area contributed by atoms with Crippen LogP contribution < -0.4 is 5.73 Å². The molecule has 0 amide bonds. The summed E-state index contributed by atoms with van der Waals surface area (Å²) in [6, 6.07) is 8.51. The van der Waals surface area contributed by atoms with Crippen molar-refractivity contribution in [3.8, 4) is 6.07 Å². The highest BCUT2D eigenvalue weighted by Gasteiger charge is 2.35. The van der Waals surface area contributed by atoms with Crippen LogP contribution in [0.4, 0.5) is 4.39 Å². The van der Waals surface area contributed by atoms with Crippen molar-refractivity contribution in [1.29, 1.82) is 5.26 Å². The predicted octanol–water partition coefficient (Wildman–Crippen LogP) is 1.53. The molecule has 2 aromatic rings. The van der Waals surface area contributed by atoms with E-state index >= 15 is 0 Å². The molecule has 1 aliphatic heterocycles. The largest absolute Gasteiger partial charge is 0.381 e. The lowest BCUT2D eigenvalue weighted by Gasteiger charge is -2.31. The molecule has 1 aromatic heterocycles. The van der Waals surface area contributed by atoms with E-state index in [4.69, 9.17) is 11.0 Å². The van der Waals surface area contributed by atoms with Crippen LogP contribution in [0.3, 0.4) is 0 Å². The maximum atomic E-state index is 14.0. The lowest BCUT2D eigenvalue weighted by Crippen LogP contribution is -2.38. The maximum Gasteiger partial charge on any atom is 0.176 e. The van der Waals surface area contributed by atoms with Gasteiger partial charge in [-0.2, -0.15) is 5.26 Å². The van der Waals surface area contributed by atoms with Gasteiger partial charge >= 0.3 is 0 Å². The smallest absolute Gasteiger partial charge is 0.176 e. The Balaban J connectivity index is 2.17. The number of imidazole rings is 1. The Morgan fingerprint density at radius 1 is 1.45 bits per heavy atom. The summed E-state index contributed by atoms with van der Waals surface area (Å²) < 4.78 is 15.7. The molecule has 0 saturated heterocycles. The Morgan fingerprint density at radius 3 is 2.90 bits per heavy atom. The van der Waals surface area contributed by atoms with E-state index in [0.29, 0.717) is 23.6 Å². The maximum absolute atomic E-state index is 14.0. The molecule has 2 N–H and O–H groups in total. The van der Waals surface area contributed by atoms with Crippen molar-refractivity contribution in [2.24, 2.45) is 10.7 Å². The summed E-state index contributed by atoms with van der Waals surface area (Å²) in [6.45, 7) is 2.12. The number of aliphatic imine (C=N–C) groups is 1. The molecule has 3 rings (SSSR count). The van der Waals surface area contributed by atoms with E-state index in [2.05, 4.69) is 16.0 Å². The minimum absolute atomic E-state index is 0.212. The van der Waals surface area contributed by atoms with Crippen LogP contribution in [0.5, 0.6) is 0 Å². The van der Waals surface area contributed by atoms with E-state index in [1.54, 1.807) is 29.7 Å². The average Bonchev–Trinajstić information content (AvgIpc) is 2.82. The molecule has 1 unspecified atom stereocenters. The third-order valence-corrected chi connectivity index (χ3v) is 3.49. The molecule has 2 heterocycles. The first kappa shape index (κ1) is 12.4. The highest BCUT2D eigenvalue weighted by atomic mass is 19.1. The molecule has 1 atom stereocenters. The van der Waals surface area contributed by atoms with Crippen LogP contribution in [0.2, 0.25) is 0 Å². The summed E-state index contributed by atoms with van der Waals surface area (Å²) in [5.74, 6) is 0.326. The molecule has 1 aliphatic rings. The topological polar surface area (TPSA) is 80.0 Å². The Labute approximate surface area is 115 Å². The number of hydrogen-bond donors (Lipinski definition) is 1. The minimum atomic E-state index is -0.852. The molecule has 5 nitrogen and oxygen atoms in total. The number of aromatic nitrogens is 2. The van der Waals surface area contributed by atoms with Gasteiger partial charge in [-0.3, -0.25) is 4.99 Å². The fraction of sp³-hybridized carbons (Fsp3) is 0.214. The van der Waals surface area contributed by atoms with Gasteiger partial charge in [-0.15, -0.1) is 0 Å². The molecule has 0 fully saturated rings. The summed E-state index contributed by atoms with van der Waals surface area (Å²) >= 11 is 0. The molecule has 0 saturated carbocycles. The number of nitrogens with two attached hydrogens (primary N) is 1. The van der Waals surface area contributed by atoms with Crippen molar-refractivity contribution >= 4 is 5.84 Å². The number of fused-ring (bicyclic) bond motifs is 1. The van der Waals surface area contributed by atoms with E-state index in [0.717, 1.165) is 0 Å². The summed E-state index contributed by atoms with van der Waals surface area (Å²) in [5, 5.41) is 9.10. The Hall–Kier alpha value is -2.68. The number of halogens is 1. The normalized spacial score (nSPS) is 20.9. The average molecular weight is 269 g/mol. The monoisotopic (exact) mass is 269 g/mol. The van der Waals surface area contributed by atoms with E-state index in [1.807, 2.05) is 0 Å². The number of rotatable bonds is 1. The zero-order valence-electron chi connectivity index (χ0n) is 10.8. The first-order valence-electron chi connectivity index (χ1n) is 6.11. The van der Waals surface area contributed by atoms with E-state index in [9.17, 15) is 4.39 Å². The molecule has 0 aliphatic carbocycles. The van der Waals surface area contributed by atoms with E-state index < -0.39 is 5.54 Å². The molecule has 20 heavy (non-hydrogen) atoms. The van der Waals surface area contributed by atoms with Crippen LogP contribution in [0.15, 0.2) is 35.5 Å². The van der Waals surface area contributed by atoms with Crippen molar-refractivity contribution in [3.63, 3.8) is 0 Å². The summed E-state index contributed by atoms with van der Waals surface area (Å²) in [6.07, 6.45) is 1.45. The third kappa shape index (κ3) is 1.67. The highest BCUT2D eigenvalue weighted by Crippen LogP contribution is 2.33. The molecule has 0 bridgehead atoms. The van der Waals surface area contributed by atoms with Crippen molar-refractivity contribution in [2.45, 2.75) is 19.0 Å². The van der Waals surface area contributed by atoms with Gasteiger partial charge in [0.05, 0.1) is 12.7 Å². The van der Waals surface area contributed by atoms with Crippen molar-refractivity contribution in [1.82, 2.24) is 9.55 Å².